The van der Waals surface area contributed by atoms with Crippen molar-refractivity contribution in [1.29, 1.82) is 0 Å². The number of hydrogen-bond donors (Lipinski definition) is 0. The second-order valence-corrected chi connectivity index (χ2v) is 8.38. The second kappa shape index (κ2) is 8.63. The summed E-state index contributed by atoms with van der Waals surface area (Å²) in [6.07, 6.45) is 3.49. The first kappa shape index (κ1) is 20.7. The molecule has 0 aliphatic carbocycles. The highest BCUT2D eigenvalue weighted by molar-refractivity contribution is 5.80. The lowest BCUT2D eigenvalue weighted by molar-refractivity contribution is -0.117. The molecule has 162 valence electrons. The maximum Gasteiger partial charge on any atom is 0.409 e. The Balaban J connectivity index is 1.46. The third kappa shape index (κ3) is 3.88. The minimum atomic E-state index is -0.242. The van der Waals surface area contributed by atoms with Crippen LogP contribution in [0.15, 0.2) is 29.1 Å². The molecule has 0 atom stereocenters. The van der Waals surface area contributed by atoms with Crippen LogP contribution in [-0.2, 0) is 16.1 Å². The monoisotopic (exact) mass is 414 g/mol. The second-order valence-electron chi connectivity index (χ2n) is 8.38. The van der Waals surface area contributed by atoms with E-state index in [2.05, 4.69) is 4.90 Å². The molecule has 3 heterocycles. The molecule has 2 saturated heterocycles. The molecule has 0 bridgehead atoms. The van der Waals surface area contributed by atoms with Gasteiger partial charge in [0.2, 0.25) is 0 Å². The van der Waals surface area contributed by atoms with E-state index in [0.29, 0.717) is 6.04 Å². The van der Waals surface area contributed by atoms with Gasteiger partial charge in [-0.3, -0.25) is 13.9 Å². The molecule has 1 amide bonds. The molecule has 2 aliphatic rings. The third-order valence-electron chi connectivity index (χ3n) is 6.53. The Bertz CT molecular complexity index is 979. The Morgan fingerprint density at radius 3 is 2.17 bits per heavy atom. The average molecular weight is 415 g/mol. The van der Waals surface area contributed by atoms with E-state index in [9.17, 15) is 14.4 Å². The number of likely N-dealkylation sites (tertiary alicyclic amines) is 2. The van der Waals surface area contributed by atoms with E-state index >= 15 is 0 Å². The Labute approximate surface area is 176 Å². The van der Waals surface area contributed by atoms with Crippen molar-refractivity contribution in [2.45, 2.75) is 51.2 Å². The molecule has 4 rings (SSSR count). The van der Waals surface area contributed by atoms with E-state index < -0.39 is 0 Å². The van der Waals surface area contributed by atoms with Crippen molar-refractivity contribution in [3.63, 3.8) is 0 Å². The summed E-state index contributed by atoms with van der Waals surface area (Å²) < 4.78 is 8.33. The summed E-state index contributed by atoms with van der Waals surface area (Å²) in [6, 6.07) is 8.36. The Kier molecular flexibility index (Phi) is 5.94. The molecule has 1 aromatic heterocycles. The standard InChI is InChI=1S/C22H30N4O4/c1-16(27)15-25-19-5-3-4-6-20(19)26(21(25)28)18-9-11-23(12-10-18)17-7-13-24(14-8-17)22(29)30-2/h3-6,17-18H,7-15H2,1-2H3. The number of nitrogens with zero attached hydrogens (tertiary/aromatic N) is 4. The number of aromatic nitrogens is 2. The fourth-order valence-corrected chi connectivity index (χ4v) is 5.01. The van der Waals surface area contributed by atoms with Gasteiger partial charge in [-0.2, -0.15) is 0 Å². The van der Waals surface area contributed by atoms with Gasteiger partial charge in [0.05, 0.1) is 24.7 Å². The summed E-state index contributed by atoms with van der Waals surface area (Å²) in [4.78, 5) is 40.8. The molecule has 0 saturated carbocycles. The average Bonchev–Trinajstić information content (AvgIpc) is 3.04. The highest BCUT2D eigenvalue weighted by Gasteiger charge is 2.31. The first-order valence-electron chi connectivity index (χ1n) is 10.8. The molecular formula is C22H30N4O4. The van der Waals surface area contributed by atoms with Crippen molar-refractivity contribution in [3.8, 4) is 0 Å². The number of fused-ring (bicyclic) bond motifs is 1. The van der Waals surface area contributed by atoms with Crippen LogP contribution in [-0.4, -0.2) is 70.1 Å². The fourth-order valence-electron chi connectivity index (χ4n) is 5.01. The number of ether oxygens (including phenoxy) is 1. The number of benzene rings is 1. The summed E-state index contributed by atoms with van der Waals surface area (Å²) in [5.41, 5.74) is 1.65. The van der Waals surface area contributed by atoms with Crippen molar-refractivity contribution < 1.29 is 14.3 Å². The van der Waals surface area contributed by atoms with E-state index in [4.69, 9.17) is 4.74 Å². The number of Topliss-reactive ketones (excluding diaryl/α,β-unsaturated/α-hetero) is 1. The summed E-state index contributed by atoms with van der Waals surface area (Å²) in [7, 11) is 1.43. The van der Waals surface area contributed by atoms with Crippen LogP contribution < -0.4 is 5.69 Å². The molecule has 2 fully saturated rings. The Morgan fingerprint density at radius 2 is 1.57 bits per heavy atom. The van der Waals surface area contributed by atoms with Gasteiger partial charge in [0, 0.05) is 38.3 Å². The van der Waals surface area contributed by atoms with E-state index in [1.165, 1.54) is 14.0 Å². The number of carbonyl (C=O) groups excluding carboxylic acids is 2. The van der Waals surface area contributed by atoms with Gasteiger partial charge < -0.3 is 14.5 Å². The SMILES string of the molecule is COC(=O)N1CCC(N2CCC(n3c(=O)n(CC(C)=O)c4ccccc43)CC2)CC1. The van der Waals surface area contributed by atoms with Gasteiger partial charge in [0.25, 0.3) is 0 Å². The molecule has 0 unspecified atom stereocenters. The minimum absolute atomic E-state index is 0.0203. The molecule has 8 heteroatoms. The quantitative estimate of drug-likeness (QED) is 0.767. The maximum atomic E-state index is 13.1. The van der Waals surface area contributed by atoms with Crippen molar-refractivity contribution >= 4 is 22.9 Å². The highest BCUT2D eigenvalue weighted by atomic mass is 16.5. The zero-order chi connectivity index (χ0) is 21.3. The summed E-state index contributed by atoms with van der Waals surface area (Å²) in [5, 5.41) is 0. The van der Waals surface area contributed by atoms with Gasteiger partial charge in [-0.05, 0) is 44.7 Å². The molecule has 0 spiro atoms. The Morgan fingerprint density at radius 1 is 0.967 bits per heavy atom. The van der Waals surface area contributed by atoms with Gasteiger partial charge in [-0.1, -0.05) is 12.1 Å². The predicted molar refractivity (Wildman–Crippen MR) is 114 cm³/mol. The molecule has 1 aromatic carbocycles. The van der Waals surface area contributed by atoms with Crippen LogP contribution in [0.2, 0.25) is 0 Å². The summed E-state index contributed by atoms with van der Waals surface area (Å²) >= 11 is 0. The number of carbonyl (C=O) groups is 2. The first-order chi connectivity index (χ1) is 14.5. The molecule has 0 radical (unpaired) electrons. The molecular weight excluding hydrogens is 384 g/mol. The van der Waals surface area contributed by atoms with Crippen molar-refractivity contribution in [2.75, 3.05) is 33.3 Å². The van der Waals surface area contributed by atoms with Crippen LogP contribution >= 0.6 is 0 Å². The normalized spacial score (nSPS) is 19.3. The summed E-state index contributed by atoms with van der Waals surface area (Å²) in [5.74, 6) is -0.0203. The van der Waals surface area contributed by atoms with Gasteiger partial charge in [0.1, 0.15) is 5.78 Å². The number of ketones is 1. The number of amides is 1. The molecule has 2 aliphatic heterocycles. The van der Waals surface area contributed by atoms with Crippen LogP contribution in [0, 0.1) is 0 Å². The van der Waals surface area contributed by atoms with E-state index in [1.807, 2.05) is 28.8 Å². The number of piperidine rings is 2. The Hall–Kier alpha value is -2.61. The smallest absolute Gasteiger partial charge is 0.409 e. The van der Waals surface area contributed by atoms with Crippen molar-refractivity contribution in [2.24, 2.45) is 0 Å². The van der Waals surface area contributed by atoms with E-state index in [-0.39, 0.29) is 30.2 Å². The third-order valence-corrected chi connectivity index (χ3v) is 6.53. The lowest BCUT2D eigenvalue weighted by atomic mass is 9.97. The van der Waals surface area contributed by atoms with Gasteiger partial charge >= 0.3 is 11.8 Å². The van der Waals surface area contributed by atoms with Gasteiger partial charge in [0.15, 0.2) is 0 Å². The van der Waals surface area contributed by atoms with Crippen LogP contribution in [0.25, 0.3) is 11.0 Å². The number of imidazole rings is 1. The molecule has 8 nitrogen and oxygen atoms in total. The number of hydrogen-bond acceptors (Lipinski definition) is 5. The van der Waals surface area contributed by atoms with Gasteiger partial charge in [-0.15, -0.1) is 0 Å². The molecule has 30 heavy (non-hydrogen) atoms. The fraction of sp³-hybridized carbons (Fsp3) is 0.591. The van der Waals surface area contributed by atoms with Crippen LogP contribution in [0.5, 0.6) is 0 Å². The zero-order valence-corrected chi connectivity index (χ0v) is 17.7. The van der Waals surface area contributed by atoms with Crippen molar-refractivity contribution in [1.82, 2.24) is 18.9 Å². The van der Waals surface area contributed by atoms with E-state index in [0.717, 1.165) is 62.9 Å². The lowest BCUT2D eigenvalue weighted by Gasteiger charge is -2.41. The van der Waals surface area contributed by atoms with E-state index in [1.54, 1.807) is 9.47 Å². The highest BCUT2D eigenvalue weighted by Crippen LogP contribution is 2.29. The summed E-state index contributed by atoms with van der Waals surface area (Å²) in [6.45, 7) is 4.97. The topological polar surface area (TPSA) is 76.8 Å². The van der Waals surface area contributed by atoms with Crippen molar-refractivity contribution in [3.05, 3.63) is 34.7 Å². The lowest BCUT2D eigenvalue weighted by Crippen LogP contribution is -2.49. The largest absolute Gasteiger partial charge is 0.453 e. The van der Waals surface area contributed by atoms with Crippen LogP contribution in [0.3, 0.4) is 0 Å². The van der Waals surface area contributed by atoms with Gasteiger partial charge in [-0.25, -0.2) is 9.59 Å². The predicted octanol–water partition coefficient (Wildman–Crippen LogP) is 2.26. The first-order valence-corrected chi connectivity index (χ1v) is 10.8. The number of methoxy groups -OCH3 is 1. The zero-order valence-electron chi connectivity index (χ0n) is 17.7. The maximum absolute atomic E-state index is 13.1. The number of para-hydroxylation sites is 2. The van der Waals surface area contributed by atoms with Crippen LogP contribution in [0.4, 0.5) is 4.79 Å². The van der Waals surface area contributed by atoms with Crippen LogP contribution in [0.1, 0.15) is 38.6 Å². The number of rotatable bonds is 4. The minimum Gasteiger partial charge on any atom is -0.453 e. The molecule has 0 N–H and O–H groups in total. The molecule has 2 aromatic rings.